The van der Waals surface area contributed by atoms with E-state index in [0.717, 1.165) is 37.8 Å². The fourth-order valence-corrected chi connectivity index (χ4v) is 4.24. The van der Waals surface area contributed by atoms with Crippen LogP contribution in [0.25, 0.3) is 0 Å². The van der Waals surface area contributed by atoms with Crippen LogP contribution in [0.2, 0.25) is 0 Å². The average molecular weight is 523 g/mol. The van der Waals surface area contributed by atoms with Crippen LogP contribution in [-0.4, -0.2) is 56.7 Å². The Morgan fingerprint density at radius 1 is 1.29 bits per heavy atom. The Morgan fingerprint density at radius 2 is 2.00 bits per heavy atom. The number of hydrogen-bond donors (Lipinski definition) is 3. The molecule has 1 heterocycles. The van der Waals surface area contributed by atoms with E-state index >= 15 is 0 Å². The first-order chi connectivity index (χ1) is 13.1. The van der Waals surface area contributed by atoms with E-state index in [1.807, 2.05) is 13.8 Å². The van der Waals surface area contributed by atoms with Crippen LogP contribution >= 0.6 is 35.3 Å². The fraction of sp³-hybridized carbons (Fsp3) is 0.737. The van der Waals surface area contributed by atoms with Gasteiger partial charge in [0.05, 0.1) is 11.2 Å². The number of hydrogen-bond acceptors (Lipinski definition) is 5. The molecule has 1 aliphatic carbocycles. The van der Waals surface area contributed by atoms with E-state index in [9.17, 15) is 4.79 Å². The maximum Gasteiger partial charge on any atom is 0.263 e. The van der Waals surface area contributed by atoms with E-state index in [2.05, 4.69) is 25.9 Å². The highest BCUT2D eigenvalue weighted by Gasteiger charge is 2.33. The molecule has 2 rings (SSSR count). The first-order valence-corrected chi connectivity index (χ1v) is 10.7. The number of aromatic nitrogens is 1. The molecule has 28 heavy (non-hydrogen) atoms. The van der Waals surface area contributed by atoms with E-state index in [1.54, 1.807) is 12.6 Å². The van der Waals surface area contributed by atoms with Crippen LogP contribution in [0.4, 0.5) is 0 Å². The van der Waals surface area contributed by atoms with Gasteiger partial charge < -0.3 is 20.7 Å². The Kier molecular flexibility index (Phi) is 11.9. The smallest absolute Gasteiger partial charge is 0.263 e. The monoisotopic (exact) mass is 523 g/mol. The van der Waals surface area contributed by atoms with Gasteiger partial charge in [0.15, 0.2) is 5.96 Å². The lowest BCUT2D eigenvalue weighted by Gasteiger charge is -2.30. The van der Waals surface area contributed by atoms with E-state index in [0.29, 0.717) is 23.4 Å². The molecular weight excluding hydrogens is 489 g/mol. The molecule has 1 fully saturated rings. The summed E-state index contributed by atoms with van der Waals surface area (Å²) >= 11 is 1.37. The number of nitrogens with one attached hydrogen (secondary N) is 3. The van der Waals surface area contributed by atoms with Gasteiger partial charge in [-0.2, -0.15) is 0 Å². The van der Waals surface area contributed by atoms with Gasteiger partial charge in [-0.25, -0.2) is 4.98 Å². The number of guanidine groups is 1. The summed E-state index contributed by atoms with van der Waals surface area (Å²) < 4.78 is 5.58. The maximum atomic E-state index is 12.1. The quantitative estimate of drug-likeness (QED) is 0.190. The minimum atomic E-state index is -0.0689. The summed E-state index contributed by atoms with van der Waals surface area (Å²) in [6, 6.07) is 0. The second-order valence-electron chi connectivity index (χ2n) is 7.03. The van der Waals surface area contributed by atoms with E-state index in [-0.39, 0.29) is 29.9 Å². The maximum absolute atomic E-state index is 12.1. The predicted octanol–water partition coefficient (Wildman–Crippen LogP) is 2.95. The summed E-state index contributed by atoms with van der Waals surface area (Å²) in [7, 11) is 1.77. The number of thiazole rings is 1. The van der Waals surface area contributed by atoms with Crippen molar-refractivity contribution in [2.24, 2.45) is 10.4 Å². The number of nitrogens with zero attached hydrogens (tertiary/aromatic N) is 2. The van der Waals surface area contributed by atoms with Crippen molar-refractivity contribution in [2.45, 2.75) is 46.0 Å². The summed E-state index contributed by atoms with van der Waals surface area (Å²) in [6.45, 7) is 7.56. The van der Waals surface area contributed by atoms with Crippen LogP contribution in [-0.2, 0) is 4.74 Å². The summed E-state index contributed by atoms with van der Waals surface area (Å²) in [5, 5.41) is 9.65. The number of rotatable bonds is 10. The number of carbonyl (C=O) groups excluding carboxylic acids is 1. The summed E-state index contributed by atoms with van der Waals surface area (Å²) in [5.74, 6) is 0.710. The van der Waals surface area contributed by atoms with Crippen molar-refractivity contribution >= 4 is 47.2 Å². The van der Waals surface area contributed by atoms with Gasteiger partial charge in [0, 0.05) is 39.9 Å². The molecule has 0 aromatic carbocycles. The second-order valence-corrected chi connectivity index (χ2v) is 7.88. The molecule has 3 N–H and O–H groups in total. The lowest BCUT2D eigenvalue weighted by Crippen LogP contribution is -2.45. The molecule has 160 valence electrons. The standard InChI is InChI=1S/C19H33N5O2S.HI/c1-4-26-12-9-19(7-5-6-8-19)13-23-18(20-3)22-11-10-21-17(25)16-15(2)24-14-27-16;/h14H,4-13H2,1-3H3,(H,21,25)(H2,20,22,23);1H. The van der Waals surface area contributed by atoms with Crippen molar-refractivity contribution in [3.05, 3.63) is 16.1 Å². The van der Waals surface area contributed by atoms with Crippen LogP contribution in [0.1, 0.15) is 54.4 Å². The van der Waals surface area contributed by atoms with Gasteiger partial charge in [0.25, 0.3) is 5.91 Å². The fourth-order valence-electron chi connectivity index (χ4n) is 3.52. The van der Waals surface area contributed by atoms with Crippen LogP contribution in [0, 0.1) is 12.3 Å². The molecule has 1 saturated carbocycles. The highest BCUT2D eigenvalue weighted by Crippen LogP contribution is 2.40. The summed E-state index contributed by atoms with van der Waals surface area (Å²) in [4.78, 5) is 21.2. The molecule has 0 atom stereocenters. The minimum Gasteiger partial charge on any atom is -0.382 e. The number of halogens is 1. The zero-order valence-corrected chi connectivity index (χ0v) is 20.3. The van der Waals surface area contributed by atoms with E-state index in [1.165, 1.54) is 37.0 Å². The molecule has 9 heteroatoms. The molecule has 0 unspecified atom stereocenters. The summed E-state index contributed by atoms with van der Waals surface area (Å²) in [6.07, 6.45) is 6.17. The zero-order valence-electron chi connectivity index (χ0n) is 17.2. The van der Waals surface area contributed by atoms with Gasteiger partial charge in [0.1, 0.15) is 4.88 Å². The van der Waals surface area contributed by atoms with Crippen LogP contribution in [0.5, 0.6) is 0 Å². The molecule has 7 nitrogen and oxygen atoms in total. The first-order valence-electron chi connectivity index (χ1n) is 9.81. The first kappa shape index (κ1) is 25.1. The summed E-state index contributed by atoms with van der Waals surface area (Å²) in [5.41, 5.74) is 2.78. The molecular formula is C19H34IN5O2S. The average Bonchev–Trinajstić information content (AvgIpc) is 3.31. The topological polar surface area (TPSA) is 87.6 Å². The molecule has 0 radical (unpaired) electrons. The molecule has 0 spiro atoms. The number of ether oxygens (including phenoxy) is 1. The number of aliphatic imine (C=N–C) groups is 1. The highest BCUT2D eigenvalue weighted by atomic mass is 127. The largest absolute Gasteiger partial charge is 0.382 e. The zero-order chi connectivity index (χ0) is 19.5. The van der Waals surface area contributed by atoms with Crippen LogP contribution < -0.4 is 16.0 Å². The van der Waals surface area contributed by atoms with Gasteiger partial charge in [0.2, 0.25) is 0 Å². The Bertz CT molecular complexity index is 617. The SMILES string of the molecule is CCOCCC1(CNC(=NC)NCCNC(=O)c2scnc2C)CCCC1.I. The van der Waals surface area contributed by atoms with Crippen LogP contribution in [0.15, 0.2) is 10.5 Å². The van der Waals surface area contributed by atoms with Crippen molar-refractivity contribution in [2.75, 3.05) is 39.9 Å². The van der Waals surface area contributed by atoms with Gasteiger partial charge in [-0.3, -0.25) is 9.79 Å². The van der Waals surface area contributed by atoms with Crippen molar-refractivity contribution < 1.29 is 9.53 Å². The van der Waals surface area contributed by atoms with Crippen molar-refractivity contribution in [1.82, 2.24) is 20.9 Å². The van der Waals surface area contributed by atoms with E-state index < -0.39 is 0 Å². The minimum absolute atomic E-state index is 0. The third kappa shape index (κ3) is 7.82. The molecule has 0 bridgehead atoms. The second kappa shape index (κ2) is 13.3. The highest BCUT2D eigenvalue weighted by molar-refractivity contribution is 14.0. The van der Waals surface area contributed by atoms with Crippen molar-refractivity contribution in [3.8, 4) is 0 Å². The molecule has 1 aromatic rings. The van der Waals surface area contributed by atoms with Gasteiger partial charge in [-0.1, -0.05) is 12.8 Å². The third-order valence-electron chi connectivity index (χ3n) is 5.15. The molecule has 1 aromatic heterocycles. The van der Waals surface area contributed by atoms with E-state index in [4.69, 9.17) is 4.74 Å². The van der Waals surface area contributed by atoms with Gasteiger partial charge >= 0.3 is 0 Å². The normalized spacial score (nSPS) is 15.8. The Hall–Kier alpha value is -0.940. The Morgan fingerprint density at radius 3 is 2.61 bits per heavy atom. The van der Waals surface area contributed by atoms with Crippen molar-refractivity contribution in [3.63, 3.8) is 0 Å². The third-order valence-corrected chi connectivity index (χ3v) is 6.08. The lowest BCUT2D eigenvalue weighted by atomic mass is 9.83. The lowest BCUT2D eigenvalue weighted by molar-refractivity contribution is 0.0957. The van der Waals surface area contributed by atoms with Crippen LogP contribution in [0.3, 0.4) is 0 Å². The Balaban J connectivity index is 0.00000392. The Labute approximate surface area is 189 Å². The molecule has 0 saturated heterocycles. The molecule has 1 amide bonds. The molecule has 1 aliphatic rings. The van der Waals surface area contributed by atoms with Gasteiger partial charge in [-0.15, -0.1) is 35.3 Å². The van der Waals surface area contributed by atoms with Gasteiger partial charge in [-0.05, 0) is 38.5 Å². The number of carbonyl (C=O) groups is 1. The van der Waals surface area contributed by atoms with Crippen molar-refractivity contribution in [1.29, 1.82) is 0 Å². The molecule has 0 aliphatic heterocycles. The number of aryl methyl sites for hydroxylation is 1. The predicted molar refractivity (Wildman–Crippen MR) is 126 cm³/mol. The number of amides is 1.